The predicted molar refractivity (Wildman–Crippen MR) is 125 cm³/mol. The van der Waals surface area contributed by atoms with Crippen LogP contribution in [0, 0.1) is 5.92 Å². The first-order valence-corrected chi connectivity index (χ1v) is 11.1. The molecule has 0 atom stereocenters. The van der Waals surface area contributed by atoms with Gasteiger partial charge in [0, 0.05) is 48.4 Å². The summed E-state index contributed by atoms with van der Waals surface area (Å²) in [4.78, 5) is 30.4. The fourth-order valence-corrected chi connectivity index (χ4v) is 4.17. The van der Waals surface area contributed by atoms with Gasteiger partial charge in [0.15, 0.2) is 0 Å². The molecule has 1 heterocycles. The largest absolute Gasteiger partial charge is 0.496 e. The predicted octanol–water partition coefficient (Wildman–Crippen LogP) is 3.00. The van der Waals surface area contributed by atoms with Crippen LogP contribution in [0.15, 0.2) is 40.2 Å². The van der Waals surface area contributed by atoms with Crippen LogP contribution >= 0.6 is 0 Å². The minimum atomic E-state index is -0.439. The number of anilines is 2. The zero-order valence-electron chi connectivity index (χ0n) is 18.3. The summed E-state index contributed by atoms with van der Waals surface area (Å²) in [5, 5.41) is 12.0. The van der Waals surface area contributed by atoms with Crippen molar-refractivity contribution in [1.29, 1.82) is 0 Å². The highest BCUT2D eigenvalue weighted by atomic mass is 16.5. The van der Waals surface area contributed by atoms with Gasteiger partial charge in [-0.2, -0.15) is 0 Å². The molecule has 0 radical (unpaired) electrons. The topological polar surface area (TPSA) is 119 Å². The molecule has 170 valence electrons. The molecule has 1 aromatic carbocycles. The Hall–Kier alpha value is -3.13. The van der Waals surface area contributed by atoms with Crippen molar-refractivity contribution in [2.75, 3.05) is 24.8 Å². The zero-order chi connectivity index (χ0) is 22.7. The summed E-state index contributed by atoms with van der Waals surface area (Å²) in [6.45, 7) is 0.230. The van der Waals surface area contributed by atoms with Gasteiger partial charge in [-0.05, 0) is 62.6 Å². The summed E-state index contributed by atoms with van der Waals surface area (Å²) < 4.78 is 7.03. The molecule has 32 heavy (non-hydrogen) atoms. The maximum Gasteiger partial charge on any atom is 0.274 e. The third-order valence-corrected chi connectivity index (χ3v) is 6.31. The van der Waals surface area contributed by atoms with Gasteiger partial charge >= 0.3 is 0 Å². The molecule has 4 N–H and O–H groups in total. The molecule has 4 rings (SSSR count). The van der Waals surface area contributed by atoms with Crippen molar-refractivity contribution in [1.82, 2.24) is 4.57 Å². The molecule has 0 unspecified atom stereocenters. The minimum absolute atomic E-state index is 0.182. The molecule has 1 amide bonds. The molecule has 0 saturated heterocycles. The molecule has 2 aliphatic carbocycles. The first-order chi connectivity index (χ1) is 15.5. The molecule has 2 aromatic rings. The van der Waals surface area contributed by atoms with Gasteiger partial charge in [0.1, 0.15) is 11.4 Å². The Morgan fingerprint density at radius 3 is 2.69 bits per heavy atom. The van der Waals surface area contributed by atoms with Gasteiger partial charge in [-0.1, -0.05) is 0 Å². The Labute approximate surface area is 187 Å². The van der Waals surface area contributed by atoms with E-state index in [0.717, 1.165) is 38.5 Å². The number of aromatic nitrogens is 1. The summed E-state index contributed by atoms with van der Waals surface area (Å²) in [5.41, 5.74) is 7.57. The summed E-state index contributed by atoms with van der Waals surface area (Å²) in [6.07, 6.45) is 9.18. The number of carbonyl (C=O) groups is 1. The van der Waals surface area contributed by atoms with Crippen LogP contribution in [0.25, 0.3) is 0 Å². The van der Waals surface area contributed by atoms with Crippen molar-refractivity contribution in [3.8, 4) is 5.75 Å². The number of hydrogen-bond acceptors (Lipinski definition) is 6. The number of ether oxygens (including phenoxy) is 1. The fourth-order valence-electron chi connectivity index (χ4n) is 4.17. The Kier molecular flexibility index (Phi) is 6.60. The van der Waals surface area contributed by atoms with Crippen molar-refractivity contribution >= 4 is 23.5 Å². The van der Waals surface area contributed by atoms with Crippen LogP contribution in [0.2, 0.25) is 0 Å². The molecular weight excluding hydrogens is 408 g/mol. The van der Waals surface area contributed by atoms with Gasteiger partial charge in [-0.25, -0.2) is 0 Å². The van der Waals surface area contributed by atoms with E-state index in [9.17, 15) is 14.7 Å². The highest BCUT2D eigenvalue weighted by Gasteiger charge is 2.25. The summed E-state index contributed by atoms with van der Waals surface area (Å²) in [5.74, 6) is 0.259. The number of carbonyl (C=O) groups excluding carboxylic acids is 1. The van der Waals surface area contributed by atoms with Crippen LogP contribution in [0.4, 0.5) is 11.4 Å². The number of nitrogens with two attached hydrogens (primary N) is 1. The number of nitrogen functional groups attached to an aromatic ring is 1. The van der Waals surface area contributed by atoms with E-state index in [1.807, 2.05) is 0 Å². The Bertz CT molecular complexity index is 1070. The van der Waals surface area contributed by atoms with Crippen LogP contribution in [-0.2, 0) is 0 Å². The van der Waals surface area contributed by atoms with Crippen molar-refractivity contribution in [3.63, 3.8) is 0 Å². The van der Waals surface area contributed by atoms with Gasteiger partial charge in [-0.15, -0.1) is 0 Å². The zero-order valence-corrected chi connectivity index (χ0v) is 18.3. The number of nitrogens with one attached hydrogen (secondary N) is 1. The Morgan fingerprint density at radius 1 is 1.28 bits per heavy atom. The summed E-state index contributed by atoms with van der Waals surface area (Å²) >= 11 is 0. The number of aliphatic hydroxyl groups is 1. The molecule has 0 spiro atoms. The quantitative estimate of drug-likeness (QED) is 0.454. The maximum absolute atomic E-state index is 13.0. The highest BCUT2D eigenvalue weighted by molar-refractivity contribution is 6.08. The van der Waals surface area contributed by atoms with Crippen LogP contribution in [0.5, 0.6) is 5.75 Å². The maximum atomic E-state index is 13.0. The van der Waals surface area contributed by atoms with E-state index in [1.165, 1.54) is 7.11 Å². The fraction of sp³-hybridized carbons (Fsp3) is 0.458. The monoisotopic (exact) mass is 438 g/mol. The van der Waals surface area contributed by atoms with E-state index in [2.05, 4.69) is 10.3 Å². The minimum Gasteiger partial charge on any atom is -0.496 e. The molecule has 0 bridgehead atoms. The van der Waals surface area contributed by atoms with Gasteiger partial charge in [0.2, 0.25) is 0 Å². The first kappa shape index (κ1) is 22.1. The van der Waals surface area contributed by atoms with E-state index in [-0.39, 0.29) is 35.5 Å². The van der Waals surface area contributed by atoms with Gasteiger partial charge < -0.3 is 25.5 Å². The van der Waals surface area contributed by atoms with Crippen molar-refractivity contribution < 1.29 is 14.6 Å². The third kappa shape index (κ3) is 4.85. The lowest BCUT2D eigenvalue weighted by molar-refractivity contribution is 0.102. The van der Waals surface area contributed by atoms with E-state index >= 15 is 0 Å². The van der Waals surface area contributed by atoms with Crippen LogP contribution in [-0.4, -0.2) is 41.6 Å². The third-order valence-electron chi connectivity index (χ3n) is 6.31. The lowest BCUT2D eigenvalue weighted by atomic mass is 9.87. The van der Waals surface area contributed by atoms with Crippen LogP contribution < -0.4 is 21.3 Å². The molecule has 2 fully saturated rings. The smallest absolute Gasteiger partial charge is 0.274 e. The van der Waals surface area contributed by atoms with Crippen molar-refractivity contribution in [3.05, 3.63) is 51.9 Å². The van der Waals surface area contributed by atoms with Crippen molar-refractivity contribution in [2.45, 2.75) is 50.6 Å². The number of amides is 1. The number of benzene rings is 1. The second-order valence-corrected chi connectivity index (χ2v) is 8.64. The van der Waals surface area contributed by atoms with Crippen LogP contribution in [0.3, 0.4) is 0 Å². The molecular formula is C24H30N4O4. The highest BCUT2D eigenvalue weighted by Crippen LogP contribution is 2.33. The number of aliphatic hydroxyl groups excluding tert-OH is 1. The lowest BCUT2D eigenvalue weighted by Crippen LogP contribution is -2.25. The van der Waals surface area contributed by atoms with Crippen molar-refractivity contribution in [2.24, 2.45) is 10.9 Å². The number of rotatable bonds is 7. The number of aliphatic imine (C=N–C) groups is 1. The number of nitrogens with zero attached hydrogens (tertiary/aromatic N) is 2. The normalized spacial score (nSPS) is 20.9. The van der Waals surface area contributed by atoms with E-state index in [0.29, 0.717) is 22.9 Å². The second kappa shape index (κ2) is 9.56. The van der Waals surface area contributed by atoms with E-state index in [4.69, 9.17) is 10.5 Å². The molecule has 1 aromatic heterocycles. The molecule has 8 nitrogen and oxygen atoms in total. The summed E-state index contributed by atoms with van der Waals surface area (Å²) in [7, 11) is 1.47. The Morgan fingerprint density at radius 2 is 2.03 bits per heavy atom. The van der Waals surface area contributed by atoms with E-state index in [1.54, 1.807) is 41.2 Å². The molecule has 0 aliphatic heterocycles. The van der Waals surface area contributed by atoms with Gasteiger partial charge in [-0.3, -0.25) is 14.6 Å². The second-order valence-electron chi connectivity index (χ2n) is 8.64. The van der Waals surface area contributed by atoms with Crippen LogP contribution in [0.1, 0.15) is 60.5 Å². The lowest BCUT2D eigenvalue weighted by Gasteiger charge is -2.24. The number of hydrogen-bond donors (Lipinski definition) is 3. The first-order valence-electron chi connectivity index (χ1n) is 11.1. The SMILES string of the molecule is COc1cc(N)c(C=NC2CCC(CO)CC2)cc1C(=O)Nc1cccn(C2CC2)c1=O. The average Bonchev–Trinajstić information content (AvgIpc) is 3.65. The average molecular weight is 439 g/mol. The standard InChI is InChI=1S/C24H30N4O4/c1-32-22-12-20(25)16(13-26-17-6-4-15(14-29)5-7-17)11-19(22)23(30)27-21-3-2-10-28(24(21)31)18-8-9-18/h2-3,10-13,15,17-18,29H,4-9,14,25H2,1H3,(H,27,30). The van der Waals surface area contributed by atoms with Gasteiger partial charge in [0.05, 0.1) is 12.7 Å². The molecule has 8 heteroatoms. The van der Waals surface area contributed by atoms with Gasteiger partial charge in [0.25, 0.3) is 11.5 Å². The van der Waals surface area contributed by atoms with E-state index < -0.39 is 5.91 Å². The number of methoxy groups -OCH3 is 1. The summed E-state index contributed by atoms with van der Waals surface area (Å²) in [6, 6.07) is 7.02. The molecule has 2 aliphatic rings. The molecule has 2 saturated carbocycles. The number of pyridine rings is 1. The Balaban J connectivity index is 1.54.